The molecule has 0 spiro atoms. The highest BCUT2D eigenvalue weighted by molar-refractivity contribution is 6.30. The van der Waals surface area contributed by atoms with Gasteiger partial charge in [-0.05, 0) is 48.9 Å². The Morgan fingerprint density at radius 3 is 2.48 bits per heavy atom. The summed E-state index contributed by atoms with van der Waals surface area (Å²) in [7, 11) is 0. The SMILES string of the molecule is CCN(Cc1ccc2c(c1)OCCO2)C(=O)COC(=O)c1ccc(Cl)cc1. The first kappa shape index (κ1) is 19.0. The Balaban J connectivity index is 1.57. The molecule has 7 heteroatoms. The summed E-state index contributed by atoms with van der Waals surface area (Å²) in [5, 5.41) is 0.527. The van der Waals surface area contributed by atoms with E-state index in [4.69, 9.17) is 25.8 Å². The lowest BCUT2D eigenvalue weighted by Crippen LogP contribution is -2.34. The Morgan fingerprint density at radius 2 is 1.78 bits per heavy atom. The van der Waals surface area contributed by atoms with E-state index in [1.807, 2.05) is 25.1 Å². The highest BCUT2D eigenvalue weighted by Crippen LogP contribution is 2.31. The molecule has 27 heavy (non-hydrogen) atoms. The first-order valence-corrected chi connectivity index (χ1v) is 9.03. The van der Waals surface area contributed by atoms with Crippen LogP contribution in [0.5, 0.6) is 11.5 Å². The summed E-state index contributed by atoms with van der Waals surface area (Å²) in [5.41, 5.74) is 1.26. The molecule has 0 bridgehead atoms. The van der Waals surface area contributed by atoms with Gasteiger partial charge in [0.05, 0.1) is 5.56 Å². The van der Waals surface area contributed by atoms with Gasteiger partial charge in [0.2, 0.25) is 0 Å². The number of likely N-dealkylation sites (N-methyl/N-ethyl adjacent to an activating group) is 1. The van der Waals surface area contributed by atoms with Crippen LogP contribution in [0.4, 0.5) is 0 Å². The lowest BCUT2D eigenvalue weighted by atomic mass is 10.1. The number of carbonyl (C=O) groups is 2. The fraction of sp³-hybridized carbons (Fsp3) is 0.300. The highest BCUT2D eigenvalue weighted by Gasteiger charge is 2.17. The van der Waals surface area contributed by atoms with E-state index in [-0.39, 0.29) is 12.5 Å². The minimum absolute atomic E-state index is 0.269. The van der Waals surface area contributed by atoms with Crippen LogP contribution >= 0.6 is 11.6 Å². The Kier molecular flexibility index (Phi) is 6.19. The second kappa shape index (κ2) is 8.77. The zero-order valence-corrected chi connectivity index (χ0v) is 15.7. The molecule has 2 aromatic rings. The van der Waals surface area contributed by atoms with E-state index in [2.05, 4.69) is 0 Å². The van der Waals surface area contributed by atoms with Crippen LogP contribution in [-0.4, -0.2) is 43.1 Å². The topological polar surface area (TPSA) is 65.1 Å². The summed E-state index contributed by atoms with van der Waals surface area (Å²) < 4.78 is 16.2. The molecule has 1 aliphatic heterocycles. The van der Waals surface area contributed by atoms with Crippen LogP contribution in [0.1, 0.15) is 22.8 Å². The zero-order chi connectivity index (χ0) is 19.2. The molecule has 0 atom stereocenters. The molecule has 3 rings (SSSR count). The number of rotatable bonds is 6. The van der Waals surface area contributed by atoms with Crippen molar-refractivity contribution in [3.8, 4) is 11.5 Å². The van der Waals surface area contributed by atoms with Crippen molar-refractivity contribution in [2.45, 2.75) is 13.5 Å². The molecule has 0 saturated carbocycles. The van der Waals surface area contributed by atoms with Gasteiger partial charge in [-0.1, -0.05) is 17.7 Å². The average Bonchev–Trinajstić information content (AvgIpc) is 2.70. The van der Waals surface area contributed by atoms with Crippen molar-refractivity contribution < 1.29 is 23.8 Å². The van der Waals surface area contributed by atoms with Crippen molar-refractivity contribution in [3.63, 3.8) is 0 Å². The van der Waals surface area contributed by atoms with E-state index in [0.29, 0.717) is 48.4 Å². The van der Waals surface area contributed by atoms with Crippen molar-refractivity contribution in [2.24, 2.45) is 0 Å². The zero-order valence-electron chi connectivity index (χ0n) is 14.9. The molecule has 1 aliphatic rings. The van der Waals surface area contributed by atoms with Gasteiger partial charge >= 0.3 is 5.97 Å². The molecule has 6 nitrogen and oxygen atoms in total. The van der Waals surface area contributed by atoms with Crippen molar-refractivity contribution >= 4 is 23.5 Å². The lowest BCUT2D eigenvalue weighted by Gasteiger charge is -2.23. The predicted octanol–water partition coefficient (Wildman–Crippen LogP) is 3.32. The molecule has 1 amide bonds. The monoisotopic (exact) mass is 389 g/mol. The molecule has 0 N–H and O–H groups in total. The molecule has 0 radical (unpaired) electrons. The molecule has 2 aromatic carbocycles. The molecule has 0 unspecified atom stereocenters. The van der Waals surface area contributed by atoms with E-state index >= 15 is 0 Å². The summed E-state index contributed by atoms with van der Waals surface area (Å²) in [4.78, 5) is 26.1. The van der Waals surface area contributed by atoms with Crippen molar-refractivity contribution in [1.82, 2.24) is 4.90 Å². The van der Waals surface area contributed by atoms with E-state index in [0.717, 1.165) is 5.56 Å². The molecule has 142 valence electrons. The van der Waals surface area contributed by atoms with E-state index in [9.17, 15) is 9.59 Å². The van der Waals surface area contributed by atoms with Gasteiger partial charge in [0.15, 0.2) is 18.1 Å². The third-order valence-corrected chi connectivity index (χ3v) is 4.37. The maximum absolute atomic E-state index is 12.4. The third kappa shape index (κ3) is 4.92. The van der Waals surface area contributed by atoms with Gasteiger partial charge in [-0.3, -0.25) is 4.79 Å². The summed E-state index contributed by atoms with van der Waals surface area (Å²) in [5.74, 6) is 0.554. The smallest absolute Gasteiger partial charge is 0.338 e. The van der Waals surface area contributed by atoms with E-state index in [1.165, 1.54) is 0 Å². The minimum atomic E-state index is -0.560. The van der Waals surface area contributed by atoms with Gasteiger partial charge in [-0.25, -0.2) is 4.79 Å². The molecule has 0 saturated heterocycles. The Bertz CT molecular complexity index is 822. The Morgan fingerprint density at radius 1 is 1.07 bits per heavy atom. The number of benzene rings is 2. The van der Waals surface area contributed by atoms with Crippen LogP contribution in [-0.2, 0) is 16.1 Å². The summed E-state index contributed by atoms with van der Waals surface area (Å²) >= 11 is 5.80. The minimum Gasteiger partial charge on any atom is -0.486 e. The first-order valence-electron chi connectivity index (χ1n) is 8.66. The van der Waals surface area contributed by atoms with Crippen molar-refractivity contribution in [1.29, 1.82) is 0 Å². The second-order valence-corrected chi connectivity index (χ2v) is 6.41. The van der Waals surface area contributed by atoms with Gasteiger partial charge in [0, 0.05) is 18.1 Å². The average molecular weight is 390 g/mol. The number of ether oxygens (including phenoxy) is 3. The molecule has 0 aromatic heterocycles. The maximum atomic E-state index is 12.4. The number of amides is 1. The summed E-state index contributed by atoms with van der Waals surface area (Å²) in [6.07, 6.45) is 0. The fourth-order valence-electron chi connectivity index (χ4n) is 2.67. The van der Waals surface area contributed by atoms with Crippen LogP contribution in [0.2, 0.25) is 5.02 Å². The lowest BCUT2D eigenvalue weighted by molar-refractivity contribution is -0.134. The normalized spacial score (nSPS) is 12.4. The Labute approximate surface area is 162 Å². The number of carbonyl (C=O) groups excluding carboxylic acids is 2. The van der Waals surface area contributed by atoms with Crippen LogP contribution in [0.3, 0.4) is 0 Å². The molecular formula is C20H20ClNO5. The van der Waals surface area contributed by atoms with Gasteiger partial charge in [0.25, 0.3) is 5.91 Å². The van der Waals surface area contributed by atoms with Gasteiger partial charge in [-0.15, -0.1) is 0 Å². The largest absolute Gasteiger partial charge is 0.486 e. The number of fused-ring (bicyclic) bond motifs is 1. The standard InChI is InChI=1S/C20H20ClNO5/c1-2-22(12-14-3-8-17-18(11-14)26-10-9-25-17)19(23)13-27-20(24)15-4-6-16(21)7-5-15/h3-8,11H,2,9-10,12-13H2,1H3. The molecule has 0 fully saturated rings. The number of esters is 1. The van der Waals surface area contributed by atoms with E-state index < -0.39 is 5.97 Å². The Hall–Kier alpha value is -2.73. The van der Waals surface area contributed by atoms with E-state index in [1.54, 1.807) is 29.2 Å². The predicted molar refractivity (Wildman–Crippen MR) is 100 cm³/mol. The molecular weight excluding hydrogens is 370 g/mol. The molecule has 1 heterocycles. The molecule has 0 aliphatic carbocycles. The van der Waals surface area contributed by atoms with Crippen molar-refractivity contribution in [2.75, 3.05) is 26.4 Å². The first-order chi connectivity index (χ1) is 13.1. The number of hydrogen-bond donors (Lipinski definition) is 0. The maximum Gasteiger partial charge on any atom is 0.338 e. The van der Waals surface area contributed by atoms with Crippen molar-refractivity contribution in [3.05, 3.63) is 58.6 Å². The highest BCUT2D eigenvalue weighted by atomic mass is 35.5. The third-order valence-electron chi connectivity index (χ3n) is 4.12. The fourth-order valence-corrected chi connectivity index (χ4v) is 2.80. The number of nitrogens with zero attached hydrogens (tertiary/aromatic N) is 1. The summed E-state index contributed by atoms with van der Waals surface area (Å²) in [6.45, 7) is 3.48. The van der Waals surface area contributed by atoms with Gasteiger partial charge in [0.1, 0.15) is 13.2 Å². The van der Waals surface area contributed by atoms with Crippen LogP contribution in [0.25, 0.3) is 0 Å². The van der Waals surface area contributed by atoms with Gasteiger partial charge in [-0.2, -0.15) is 0 Å². The number of hydrogen-bond acceptors (Lipinski definition) is 5. The van der Waals surface area contributed by atoms with Crippen LogP contribution < -0.4 is 9.47 Å². The number of halogens is 1. The summed E-state index contributed by atoms with van der Waals surface area (Å²) in [6, 6.07) is 11.9. The van der Waals surface area contributed by atoms with Crippen LogP contribution in [0, 0.1) is 0 Å². The van der Waals surface area contributed by atoms with Gasteiger partial charge < -0.3 is 19.1 Å². The second-order valence-electron chi connectivity index (χ2n) is 5.97. The quantitative estimate of drug-likeness (QED) is 0.709. The van der Waals surface area contributed by atoms with Crippen LogP contribution in [0.15, 0.2) is 42.5 Å².